The maximum Gasteiger partial charge on any atom is 0.258 e. The number of amides is 1. The van der Waals surface area contributed by atoms with Gasteiger partial charge >= 0.3 is 0 Å². The number of nitrogens with zero attached hydrogens (tertiary/aromatic N) is 1. The van der Waals surface area contributed by atoms with Crippen molar-refractivity contribution in [1.82, 2.24) is 10.2 Å². The Labute approximate surface area is 136 Å². The molecule has 1 aliphatic carbocycles. The topological polar surface area (TPSA) is 41.6 Å². The lowest BCUT2D eigenvalue weighted by molar-refractivity contribution is -0.124. The third kappa shape index (κ3) is 4.14. The second-order valence-electron chi connectivity index (χ2n) is 6.33. The SMILES string of the molecule is Cc1ccc(Cl)c(OCC(=O)NC2CCN(C3CC3)CC2)c1. The van der Waals surface area contributed by atoms with Crippen LogP contribution in [0.2, 0.25) is 5.02 Å². The molecule has 1 aromatic rings. The second kappa shape index (κ2) is 6.88. The summed E-state index contributed by atoms with van der Waals surface area (Å²) in [6.07, 6.45) is 4.77. The van der Waals surface area contributed by atoms with Gasteiger partial charge in [-0.05, 0) is 50.3 Å². The van der Waals surface area contributed by atoms with Crippen LogP contribution in [0.4, 0.5) is 0 Å². The van der Waals surface area contributed by atoms with Crippen molar-refractivity contribution in [3.8, 4) is 5.75 Å². The highest BCUT2D eigenvalue weighted by atomic mass is 35.5. The Morgan fingerprint density at radius 3 is 2.73 bits per heavy atom. The first-order chi connectivity index (χ1) is 10.6. The van der Waals surface area contributed by atoms with E-state index in [0.29, 0.717) is 10.8 Å². The molecule has 22 heavy (non-hydrogen) atoms. The van der Waals surface area contributed by atoms with E-state index in [9.17, 15) is 4.79 Å². The van der Waals surface area contributed by atoms with Gasteiger partial charge in [0.25, 0.3) is 5.91 Å². The van der Waals surface area contributed by atoms with Crippen LogP contribution in [0, 0.1) is 6.92 Å². The molecule has 0 radical (unpaired) electrons. The summed E-state index contributed by atoms with van der Waals surface area (Å²) < 4.78 is 5.54. The molecule has 0 aromatic heterocycles. The Hall–Kier alpha value is -1.26. The molecular formula is C17H23ClN2O2. The average Bonchev–Trinajstić information content (AvgIpc) is 3.34. The lowest BCUT2D eigenvalue weighted by Crippen LogP contribution is -2.46. The number of benzene rings is 1. The van der Waals surface area contributed by atoms with Crippen LogP contribution in [0.1, 0.15) is 31.2 Å². The number of aryl methyl sites for hydroxylation is 1. The fourth-order valence-corrected chi connectivity index (χ4v) is 3.15. The number of likely N-dealkylation sites (tertiary alicyclic amines) is 1. The molecule has 5 heteroatoms. The third-order valence-corrected chi connectivity index (χ3v) is 4.72. The van der Waals surface area contributed by atoms with Crippen molar-refractivity contribution >= 4 is 17.5 Å². The molecule has 0 unspecified atom stereocenters. The van der Waals surface area contributed by atoms with Crippen molar-refractivity contribution in [2.45, 2.75) is 44.7 Å². The molecule has 2 aliphatic rings. The van der Waals surface area contributed by atoms with Gasteiger partial charge in [0, 0.05) is 25.2 Å². The smallest absolute Gasteiger partial charge is 0.258 e. The van der Waals surface area contributed by atoms with Crippen LogP contribution in [0.25, 0.3) is 0 Å². The minimum Gasteiger partial charge on any atom is -0.482 e. The normalized spacial score (nSPS) is 19.9. The number of piperidine rings is 1. The van der Waals surface area contributed by atoms with Crippen LogP contribution < -0.4 is 10.1 Å². The van der Waals surface area contributed by atoms with Crippen LogP contribution in [0.5, 0.6) is 5.75 Å². The summed E-state index contributed by atoms with van der Waals surface area (Å²) >= 11 is 6.06. The predicted molar refractivity (Wildman–Crippen MR) is 87.4 cm³/mol. The van der Waals surface area contributed by atoms with E-state index >= 15 is 0 Å². The van der Waals surface area contributed by atoms with Gasteiger partial charge in [-0.1, -0.05) is 17.7 Å². The third-order valence-electron chi connectivity index (χ3n) is 4.40. The summed E-state index contributed by atoms with van der Waals surface area (Å²) in [5.74, 6) is 0.503. The Morgan fingerprint density at radius 2 is 2.05 bits per heavy atom. The lowest BCUT2D eigenvalue weighted by atomic mass is 10.0. The molecule has 2 fully saturated rings. The highest BCUT2D eigenvalue weighted by Gasteiger charge is 2.32. The highest BCUT2D eigenvalue weighted by molar-refractivity contribution is 6.32. The Bertz CT molecular complexity index is 537. The number of carbonyl (C=O) groups is 1. The zero-order valence-electron chi connectivity index (χ0n) is 13.0. The molecule has 3 rings (SSSR count). The molecule has 0 spiro atoms. The zero-order valence-corrected chi connectivity index (χ0v) is 13.7. The van der Waals surface area contributed by atoms with Gasteiger partial charge in [0.15, 0.2) is 6.61 Å². The Balaban J connectivity index is 1.41. The number of nitrogens with one attached hydrogen (secondary N) is 1. The van der Waals surface area contributed by atoms with Crippen molar-refractivity contribution in [2.24, 2.45) is 0 Å². The molecule has 1 heterocycles. The number of hydrogen-bond acceptors (Lipinski definition) is 3. The molecule has 4 nitrogen and oxygen atoms in total. The van der Waals surface area contributed by atoms with Gasteiger partial charge in [-0.3, -0.25) is 4.79 Å². The molecule has 1 N–H and O–H groups in total. The second-order valence-corrected chi connectivity index (χ2v) is 6.74. The molecular weight excluding hydrogens is 300 g/mol. The minimum atomic E-state index is -0.0672. The van der Waals surface area contributed by atoms with Crippen LogP contribution in [0.3, 0.4) is 0 Å². The number of rotatable bonds is 5. The largest absolute Gasteiger partial charge is 0.482 e. The summed E-state index contributed by atoms with van der Waals surface area (Å²) in [5, 5.41) is 3.61. The number of carbonyl (C=O) groups excluding carboxylic acids is 1. The van der Waals surface area contributed by atoms with E-state index in [-0.39, 0.29) is 18.6 Å². The van der Waals surface area contributed by atoms with Crippen molar-refractivity contribution in [2.75, 3.05) is 19.7 Å². The fourth-order valence-electron chi connectivity index (χ4n) is 2.98. The van der Waals surface area contributed by atoms with Crippen LogP contribution in [-0.2, 0) is 4.79 Å². The maximum atomic E-state index is 12.0. The van der Waals surface area contributed by atoms with Gasteiger partial charge < -0.3 is 15.0 Å². The van der Waals surface area contributed by atoms with Gasteiger partial charge in [-0.2, -0.15) is 0 Å². The summed E-state index contributed by atoms with van der Waals surface area (Å²) in [6, 6.07) is 6.66. The molecule has 1 saturated carbocycles. The van der Waals surface area contributed by atoms with Gasteiger partial charge in [0.05, 0.1) is 5.02 Å². The van der Waals surface area contributed by atoms with E-state index in [2.05, 4.69) is 10.2 Å². The molecule has 120 valence electrons. The number of ether oxygens (including phenoxy) is 1. The van der Waals surface area contributed by atoms with E-state index in [0.717, 1.165) is 37.5 Å². The fraction of sp³-hybridized carbons (Fsp3) is 0.588. The molecule has 0 atom stereocenters. The van der Waals surface area contributed by atoms with Crippen molar-refractivity contribution < 1.29 is 9.53 Å². The summed E-state index contributed by atoms with van der Waals surface area (Å²) in [5.41, 5.74) is 1.06. The van der Waals surface area contributed by atoms with Gasteiger partial charge in [-0.15, -0.1) is 0 Å². The first-order valence-electron chi connectivity index (χ1n) is 8.04. The van der Waals surface area contributed by atoms with Gasteiger partial charge in [-0.25, -0.2) is 0 Å². The Kier molecular flexibility index (Phi) is 4.89. The quantitative estimate of drug-likeness (QED) is 0.906. The predicted octanol–water partition coefficient (Wildman–Crippen LogP) is 2.77. The summed E-state index contributed by atoms with van der Waals surface area (Å²) in [7, 11) is 0. The standard InChI is InChI=1S/C17H23ClN2O2/c1-12-2-5-15(18)16(10-12)22-11-17(21)19-13-6-8-20(9-7-13)14-3-4-14/h2,5,10,13-14H,3-4,6-9,11H2,1H3,(H,19,21). The highest BCUT2D eigenvalue weighted by Crippen LogP contribution is 2.29. The molecule has 1 amide bonds. The monoisotopic (exact) mass is 322 g/mol. The molecule has 0 bridgehead atoms. The molecule has 1 aromatic carbocycles. The maximum absolute atomic E-state index is 12.0. The first-order valence-corrected chi connectivity index (χ1v) is 8.42. The minimum absolute atomic E-state index is 0.0199. The molecule has 1 aliphatic heterocycles. The number of halogens is 1. The van der Waals surface area contributed by atoms with Crippen molar-refractivity contribution in [1.29, 1.82) is 0 Å². The van der Waals surface area contributed by atoms with Crippen LogP contribution in [0.15, 0.2) is 18.2 Å². The van der Waals surface area contributed by atoms with Crippen molar-refractivity contribution in [3.63, 3.8) is 0 Å². The van der Waals surface area contributed by atoms with Crippen LogP contribution in [-0.4, -0.2) is 42.6 Å². The first kappa shape index (κ1) is 15.6. The lowest BCUT2D eigenvalue weighted by Gasteiger charge is -2.32. The molecule has 1 saturated heterocycles. The summed E-state index contributed by atoms with van der Waals surface area (Å²) in [6.45, 7) is 4.18. The average molecular weight is 323 g/mol. The van der Waals surface area contributed by atoms with E-state index < -0.39 is 0 Å². The van der Waals surface area contributed by atoms with Crippen LogP contribution >= 0.6 is 11.6 Å². The van der Waals surface area contributed by atoms with E-state index in [1.165, 1.54) is 12.8 Å². The van der Waals surface area contributed by atoms with E-state index in [1.54, 1.807) is 6.07 Å². The van der Waals surface area contributed by atoms with Gasteiger partial charge in [0.2, 0.25) is 0 Å². The van der Waals surface area contributed by atoms with E-state index in [1.807, 2.05) is 19.1 Å². The van der Waals surface area contributed by atoms with Crippen molar-refractivity contribution in [3.05, 3.63) is 28.8 Å². The van der Waals surface area contributed by atoms with E-state index in [4.69, 9.17) is 16.3 Å². The van der Waals surface area contributed by atoms with Gasteiger partial charge in [0.1, 0.15) is 5.75 Å². The zero-order chi connectivity index (χ0) is 15.5. The Morgan fingerprint density at radius 1 is 1.32 bits per heavy atom. The summed E-state index contributed by atoms with van der Waals surface area (Å²) in [4.78, 5) is 14.6. The number of hydrogen-bond donors (Lipinski definition) is 1.